The highest BCUT2D eigenvalue weighted by molar-refractivity contribution is 7.90. The number of carbonyl (C=O) groups excluding carboxylic acids is 1. The predicted molar refractivity (Wildman–Crippen MR) is 94.7 cm³/mol. The molecule has 0 bridgehead atoms. The van der Waals surface area contributed by atoms with Crippen LogP contribution in [0.15, 0.2) is 35.4 Å². The Labute approximate surface area is 155 Å². The molecule has 3 N–H and O–H groups in total. The maximum atomic E-state index is 11.6. The Hall–Kier alpha value is -1.54. The first kappa shape index (κ1) is 20.5. The van der Waals surface area contributed by atoms with Crippen LogP contribution >= 0.6 is 35.6 Å². The van der Waals surface area contributed by atoms with Gasteiger partial charge in [0.2, 0.25) is 0 Å². The number of nitrogens with zero attached hydrogens (tertiary/aromatic N) is 1. The maximum Gasteiger partial charge on any atom is 0.252 e. The molecule has 0 aliphatic carbocycles. The summed E-state index contributed by atoms with van der Waals surface area (Å²) in [4.78, 5) is 11.5. The lowest BCUT2D eigenvalue weighted by molar-refractivity contribution is 0.0997. The van der Waals surface area contributed by atoms with Crippen LogP contribution in [0.4, 0.5) is 0 Å². The van der Waals surface area contributed by atoms with Gasteiger partial charge in [-0.1, -0.05) is 23.2 Å². The molecule has 2 rings (SSSR count). The van der Waals surface area contributed by atoms with Crippen LogP contribution in [0.5, 0.6) is 0 Å². The van der Waals surface area contributed by atoms with E-state index >= 15 is 0 Å². The van der Waals surface area contributed by atoms with Gasteiger partial charge < -0.3 is 10.3 Å². The largest absolute Gasteiger partial charge is 0.365 e. The van der Waals surface area contributed by atoms with Gasteiger partial charge in [0.25, 0.3) is 5.91 Å². The van der Waals surface area contributed by atoms with Crippen molar-refractivity contribution in [1.29, 1.82) is 5.41 Å². The van der Waals surface area contributed by atoms with Crippen LogP contribution < -0.4 is 11.2 Å². The minimum absolute atomic E-state index is 0. The molecule has 6 nitrogen and oxygen atoms in total. The molecule has 0 aliphatic rings. The number of benzene rings is 1. The molecule has 0 saturated carbocycles. The van der Waals surface area contributed by atoms with Crippen LogP contribution in [0, 0.1) is 5.41 Å². The highest BCUT2D eigenvalue weighted by Crippen LogP contribution is 2.21. The minimum Gasteiger partial charge on any atom is -0.365 e. The van der Waals surface area contributed by atoms with Gasteiger partial charge in [0.1, 0.15) is 5.49 Å². The number of pyridine rings is 1. The van der Waals surface area contributed by atoms with E-state index in [0.717, 1.165) is 6.26 Å². The van der Waals surface area contributed by atoms with Crippen molar-refractivity contribution in [3.63, 3.8) is 0 Å². The molecule has 0 atom stereocenters. The third kappa shape index (κ3) is 4.51. The van der Waals surface area contributed by atoms with Crippen LogP contribution in [0.1, 0.15) is 15.9 Å². The van der Waals surface area contributed by atoms with Gasteiger partial charge >= 0.3 is 0 Å². The van der Waals surface area contributed by atoms with Crippen molar-refractivity contribution in [2.24, 2.45) is 5.73 Å². The lowest BCUT2D eigenvalue weighted by atomic mass is 10.2. The monoisotopic (exact) mass is 409 g/mol. The molecule has 0 unspecified atom stereocenters. The summed E-state index contributed by atoms with van der Waals surface area (Å²) in [6.45, 7) is 0.0713. The minimum atomic E-state index is -3.39. The Morgan fingerprint density at radius 2 is 1.92 bits per heavy atom. The number of aromatic nitrogens is 1. The van der Waals surface area contributed by atoms with Crippen molar-refractivity contribution in [1.82, 2.24) is 4.57 Å². The Morgan fingerprint density at radius 3 is 2.46 bits per heavy atom. The van der Waals surface area contributed by atoms with Crippen molar-refractivity contribution in [2.75, 3.05) is 6.26 Å². The number of nitrogens with two attached hydrogens (primary N) is 1. The topological polar surface area (TPSA) is 106 Å². The van der Waals surface area contributed by atoms with E-state index in [1.165, 1.54) is 35.0 Å². The number of carbonyl (C=O) groups is 1. The predicted octanol–water partition coefficient (Wildman–Crippen LogP) is 2.25. The molecule has 0 aliphatic heterocycles. The van der Waals surface area contributed by atoms with E-state index in [9.17, 15) is 13.2 Å². The molecule has 1 heterocycles. The van der Waals surface area contributed by atoms with Crippen LogP contribution in [0.25, 0.3) is 0 Å². The van der Waals surface area contributed by atoms with Gasteiger partial charge in [-0.05, 0) is 29.8 Å². The van der Waals surface area contributed by atoms with Crippen molar-refractivity contribution >= 4 is 51.4 Å². The van der Waals surface area contributed by atoms with E-state index < -0.39 is 15.7 Å². The first-order valence-electron chi connectivity index (χ1n) is 6.32. The number of nitrogens with one attached hydrogen (secondary N) is 1. The van der Waals surface area contributed by atoms with E-state index in [2.05, 4.69) is 0 Å². The normalized spacial score (nSPS) is 11.0. The highest BCUT2D eigenvalue weighted by atomic mass is 35.5. The Kier molecular flexibility index (Phi) is 6.46. The zero-order valence-electron chi connectivity index (χ0n) is 12.4. The van der Waals surface area contributed by atoms with E-state index in [0.29, 0.717) is 10.6 Å². The molecule has 2 aromatic rings. The van der Waals surface area contributed by atoms with Gasteiger partial charge in [0.15, 0.2) is 9.84 Å². The summed E-state index contributed by atoms with van der Waals surface area (Å²) in [7, 11) is -3.39. The van der Waals surface area contributed by atoms with Crippen LogP contribution in [0.3, 0.4) is 0 Å². The summed E-state index contributed by atoms with van der Waals surface area (Å²) < 4.78 is 24.7. The Balaban J connectivity index is 0.00000288. The smallest absolute Gasteiger partial charge is 0.252 e. The summed E-state index contributed by atoms with van der Waals surface area (Å²) in [5.74, 6) is -0.776. The average Bonchev–Trinajstić information content (AvgIpc) is 2.43. The second-order valence-electron chi connectivity index (χ2n) is 4.94. The molecule has 24 heavy (non-hydrogen) atoms. The zero-order chi connectivity index (χ0) is 17.4. The number of sulfone groups is 1. The van der Waals surface area contributed by atoms with Crippen LogP contribution in [0.2, 0.25) is 10.0 Å². The molecular formula is C14H14Cl3N3O3S. The van der Waals surface area contributed by atoms with Crippen molar-refractivity contribution < 1.29 is 13.2 Å². The quantitative estimate of drug-likeness (QED) is 0.807. The Bertz CT molecular complexity index is 955. The fourth-order valence-electron chi connectivity index (χ4n) is 2.01. The average molecular weight is 411 g/mol. The van der Waals surface area contributed by atoms with Gasteiger partial charge in [-0.2, -0.15) is 0 Å². The molecular weight excluding hydrogens is 397 g/mol. The molecule has 1 aromatic carbocycles. The van der Waals surface area contributed by atoms with Gasteiger partial charge in [0, 0.05) is 17.5 Å². The molecule has 1 aromatic heterocycles. The fraction of sp³-hybridized carbons (Fsp3) is 0.143. The number of halogens is 3. The standard InChI is InChI=1S/C14H13Cl2N3O3S.ClH/c1-23(21,22)10-2-3-12(16)8(4-10)6-19-7-9(15)5-11(13(19)17)14(18)20;/h2-5,7,17H,6H2,1H3,(H2,18,20);1H. The second-order valence-corrected chi connectivity index (χ2v) is 7.80. The number of primary amides is 1. The molecule has 0 radical (unpaired) electrons. The third-order valence-corrected chi connectivity index (χ3v) is 4.84. The zero-order valence-corrected chi connectivity index (χ0v) is 15.6. The van der Waals surface area contributed by atoms with Crippen LogP contribution in [-0.4, -0.2) is 25.1 Å². The molecule has 1 amide bonds. The lowest BCUT2D eigenvalue weighted by Gasteiger charge is -2.12. The molecule has 0 spiro atoms. The van der Waals surface area contributed by atoms with E-state index in [1.807, 2.05) is 0 Å². The third-order valence-electron chi connectivity index (χ3n) is 3.16. The van der Waals surface area contributed by atoms with Crippen molar-refractivity contribution in [3.8, 4) is 0 Å². The number of hydrogen-bond donors (Lipinski definition) is 2. The van der Waals surface area contributed by atoms with Gasteiger partial charge in [0.05, 0.1) is 22.0 Å². The summed E-state index contributed by atoms with van der Waals surface area (Å²) in [6.07, 6.45) is 2.54. The van der Waals surface area contributed by atoms with Gasteiger partial charge in [-0.25, -0.2) is 8.42 Å². The van der Waals surface area contributed by atoms with Gasteiger partial charge in [-0.15, -0.1) is 12.4 Å². The summed E-state index contributed by atoms with van der Waals surface area (Å²) in [5, 5.41) is 8.58. The van der Waals surface area contributed by atoms with Crippen molar-refractivity contribution in [2.45, 2.75) is 11.4 Å². The van der Waals surface area contributed by atoms with E-state index in [1.54, 1.807) is 0 Å². The SMILES string of the molecule is CS(=O)(=O)c1ccc(Cl)c(Cn2cc(Cl)cc(C(N)=O)c2=N)c1.Cl. The number of hydrogen-bond acceptors (Lipinski definition) is 4. The lowest BCUT2D eigenvalue weighted by Crippen LogP contribution is -2.29. The summed E-state index contributed by atoms with van der Waals surface area (Å²) >= 11 is 12.0. The Morgan fingerprint density at radius 1 is 1.29 bits per heavy atom. The summed E-state index contributed by atoms with van der Waals surface area (Å²) in [5.41, 5.74) is 5.53. The second kappa shape index (κ2) is 7.57. The number of amides is 1. The fourth-order valence-corrected chi connectivity index (χ4v) is 3.09. The molecule has 130 valence electrons. The molecule has 0 fully saturated rings. The number of rotatable bonds is 4. The highest BCUT2D eigenvalue weighted by Gasteiger charge is 2.13. The van der Waals surface area contributed by atoms with Crippen LogP contribution in [-0.2, 0) is 16.4 Å². The first-order valence-corrected chi connectivity index (χ1v) is 8.97. The van der Waals surface area contributed by atoms with E-state index in [-0.39, 0.29) is 39.9 Å². The van der Waals surface area contributed by atoms with Crippen molar-refractivity contribution in [3.05, 3.63) is 57.1 Å². The van der Waals surface area contributed by atoms with Gasteiger partial charge in [-0.3, -0.25) is 10.2 Å². The maximum absolute atomic E-state index is 11.6. The van der Waals surface area contributed by atoms with E-state index in [4.69, 9.17) is 34.3 Å². The first-order chi connectivity index (χ1) is 10.6. The molecule has 10 heteroatoms. The summed E-state index contributed by atoms with van der Waals surface area (Å²) in [6, 6.07) is 5.60. The molecule has 0 saturated heterocycles.